The lowest BCUT2D eigenvalue weighted by Gasteiger charge is -2.32. The van der Waals surface area contributed by atoms with Gasteiger partial charge in [0.2, 0.25) is 0 Å². The number of rotatable bonds is 4. The molecule has 1 aliphatic rings. The van der Waals surface area contributed by atoms with Crippen LogP contribution >= 0.6 is 0 Å². The van der Waals surface area contributed by atoms with Gasteiger partial charge in [0.05, 0.1) is 0 Å². The summed E-state index contributed by atoms with van der Waals surface area (Å²) in [6, 6.07) is 13.6. The maximum atomic E-state index is 4.09. The maximum Gasteiger partial charge on any atom is 0.0273 e. The van der Waals surface area contributed by atoms with Crippen LogP contribution in [-0.4, -0.2) is 36.1 Å². The van der Waals surface area contributed by atoms with E-state index < -0.39 is 0 Å². The zero-order chi connectivity index (χ0) is 14.5. The molecule has 3 rings (SSSR count). The van der Waals surface area contributed by atoms with Gasteiger partial charge < -0.3 is 5.32 Å². The molecule has 0 aliphatic carbocycles. The topological polar surface area (TPSA) is 28.2 Å². The van der Waals surface area contributed by atoms with Crippen molar-refractivity contribution in [3.8, 4) is 11.1 Å². The number of aromatic nitrogens is 1. The molecule has 1 aromatic heterocycles. The summed E-state index contributed by atoms with van der Waals surface area (Å²) in [4.78, 5) is 6.64. The standard InChI is InChI=1S/C18H23N3/c1-19-18-6-3-11-21(14-18)13-15-4-2-5-17(12-15)16-7-9-20-10-8-16/h2,4-5,7-10,12,18-19H,3,6,11,13-14H2,1H3. The first kappa shape index (κ1) is 14.2. The van der Waals surface area contributed by atoms with Gasteiger partial charge in [0.15, 0.2) is 0 Å². The first-order valence-electron chi connectivity index (χ1n) is 7.74. The minimum absolute atomic E-state index is 0.641. The molecule has 0 bridgehead atoms. The summed E-state index contributed by atoms with van der Waals surface area (Å²) in [5.41, 5.74) is 3.90. The monoisotopic (exact) mass is 281 g/mol. The van der Waals surface area contributed by atoms with Crippen molar-refractivity contribution in [3.63, 3.8) is 0 Å². The lowest BCUT2D eigenvalue weighted by Crippen LogP contribution is -2.43. The number of piperidine rings is 1. The lowest BCUT2D eigenvalue weighted by atomic mass is 10.0. The highest BCUT2D eigenvalue weighted by atomic mass is 15.2. The molecule has 1 fully saturated rings. The van der Waals surface area contributed by atoms with Gasteiger partial charge in [0, 0.05) is 31.5 Å². The van der Waals surface area contributed by atoms with E-state index in [0.29, 0.717) is 6.04 Å². The highest BCUT2D eigenvalue weighted by molar-refractivity contribution is 5.63. The Hall–Kier alpha value is -1.71. The predicted octanol–water partition coefficient (Wildman–Crippen LogP) is 2.93. The minimum atomic E-state index is 0.641. The summed E-state index contributed by atoms with van der Waals surface area (Å²) in [5.74, 6) is 0. The first-order valence-corrected chi connectivity index (χ1v) is 7.74. The molecule has 2 aromatic rings. The normalized spacial score (nSPS) is 19.6. The largest absolute Gasteiger partial charge is 0.316 e. The van der Waals surface area contributed by atoms with Crippen molar-refractivity contribution in [2.75, 3.05) is 20.1 Å². The third-order valence-corrected chi connectivity index (χ3v) is 4.26. The highest BCUT2D eigenvalue weighted by Gasteiger charge is 2.18. The molecule has 1 unspecified atom stereocenters. The van der Waals surface area contributed by atoms with Gasteiger partial charge in [-0.2, -0.15) is 0 Å². The fraction of sp³-hybridized carbons (Fsp3) is 0.389. The van der Waals surface area contributed by atoms with Gasteiger partial charge in [0.25, 0.3) is 0 Å². The number of nitrogens with one attached hydrogen (secondary N) is 1. The molecule has 0 spiro atoms. The Morgan fingerprint density at radius 3 is 2.86 bits per heavy atom. The number of hydrogen-bond acceptors (Lipinski definition) is 3. The van der Waals surface area contributed by atoms with Crippen molar-refractivity contribution in [1.82, 2.24) is 15.2 Å². The fourth-order valence-corrected chi connectivity index (χ4v) is 3.09. The number of likely N-dealkylation sites (N-methyl/N-ethyl adjacent to an activating group) is 1. The van der Waals surface area contributed by atoms with Crippen LogP contribution in [0.4, 0.5) is 0 Å². The average molecular weight is 281 g/mol. The van der Waals surface area contributed by atoms with Gasteiger partial charge in [-0.25, -0.2) is 0 Å². The van der Waals surface area contributed by atoms with E-state index >= 15 is 0 Å². The van der Waals surface area contributed by atoms with Crippen molar-refractivity contribution in [2.45, 2.75) is 25.4 Å². The van der Waals surface area contributed by atoms with Crippen LogP contribution < -0.4 is 5.32 Å². The van der Waals surface area contributed by atoms with E-state index in [1.54, 1.807) is 0 Å². The molecule has 1 aromatic carbocycles. The van der Waals surface area contributed by atoms with Crippen LogP contribution in [0.1, 0.15) is 18.4 Å². The number of likely N-dealkylation sites (tertiary alicyclic amines) is 1. The van der Waals surface area contributed by atoms with Crippen LogP contribution in [0.25, 0.3) is 11.1 Å². The molecular formula is C18H23N3. The molecule has 21 heavy (non-hydrogen) atoms. The second-order valence-electron chi connectivity index (χ2n) is 5.80. The number of nitrogens with zero attached hydrogens (tertiary/aromatic N) is 2. The second kappa shape index (κ2) is 6.83. The van der Waals surface area contributed by atoms with E-state index in [1.165, 1.54) is 36.1 Å². The van der Waals surface area contributed by atoms with Crippen LogP contribution in [0, 0.1) is 0 Å². The van der Waals surface area contributed by atoms with Gasteiger partial charge in [-0.1, -0.05) is 18.2 Å². The van der Waals surface area contributed by atoms with Crippen LogP contribution in [0.2, 0.25) is 0 Å². The van der Waals surface area contributed by atoms with Crippen molar-refractivity contribution >= 4 is 0 Å². The van der Waals surface area contributed by atoms with Crippen molar-refractivity contribution in [1.29, 1.82) is 0 Å². The Morgan fingerprint density at radius 2 is 2.05 bits per heavy atom. The van der Waals surface area contributed by atoms with E-state index in [-0.39, 0.29) is 0 Å². The molecule has 1 saturated heterocycles. The molecule has 2 heterocycles. The minimum Gasteiger partial charge on any atom is -0.316 e. The molecule has 1 aliphatic heterocycles. The van der Waals surface area contributed by atoms with Crippen molar-refractivity contribution in [2.24, 2.45) is 0 Å². The molecule has 1 N–H and O–H groups in total. The molecule has 0 radical (unpaired) electrons. The molecule has 0 saturated carbocycles. The van der Waals surface area contributed by atoms with Crippen LogP contribution in [0.3, 0.4) is 0 Å². The molecule has 1 atom stereocenters. The van der Waals surface area contributed by atoms with Gasteiger partial charge in [0.1, 0.15) is 0 Å². The number of pyridine rings is 1. The zero-order valence-electron chi connectivity index (χ0n) is 12.6. The molecule has 110 valence electrons. The number of hydrogen-bond donors (Lipinski definition) is 1. The molecule has 3 nitrogen and oxygen atoms in total. The van der Waals surface area contributed by atoms with Gasteiger partial charge in [-0.05, 0) is 61.3 Å². The van der Waals surface area contributed by atoms with Crippen LogP contribution in [0.15, 0.2) is 48.8 Å². The van der Waals surface area contributed by atoms with Gasteiger partial charge in [-0.15, -0.1) is 0 Å². The Morgan fingerprint density at radius 1 is 1.19 bits per heavy atom. The third-order valence-electron chi connectivity index (χ3n) is 4.26. The lowest BCUT2D eigenvalue weighted by molar-refractivity contribution is 0.188. The Kier molecular flexibility index (Phi) is 4.63. The fourth-order valence-electron chi connectivity index (χ4n) is 3.09. The average Bonchev–Trinajstić information content (AvgIpc) is 2.56. The van der Waals surface area contributed by atoms with Crippen molar-refractivity contribution in [3.05, 3.63) is 54.4 Å². The summed E-state index contributed by atoms with van der Waals surface area (Å²) in [6.07, 6.45) is 6.29. The van der Waals surface area contributed by atoms with E-state index in [2.05, 4.69) is 58.6 Å². The smallest absolute Gasteiger partial charge is 0.0273 e. The summed E-state index contributed by atoms with van der Waals surface area (Å²) < 4.78 is 0. The molecular weight excluding hydrogens is 258 g/mol. The van der Waals surface area contributed by atoms with E-state index in [4.69, 9.17) is 0 Å². The van der Waals surface area contributed by atoms with Gasteiger partial charge >= 0.3 is 0 Å². The zero-order valence-corrected chi connectivity index (χ0v) is 12.6. The Labute approximate surface area is 127 Å². The summed E-state index contributed by atoms with van der Waals surface area (Å²) in [6.45, 7) is 3.39. The second-order valence-corrected chi connectivity index (χ2v) is 5.80. The van der Waals surface area contributed by atoms with E-state index in [1.807, 2.05) is 12.4 Å². The quantitative estimate of drug-likeness (QED) is 0.934. The SMILES string of the molecule is CNC1CCCN(Cc2cccc(-c3ccncc3)c2)C1. The van der Waals surface area contributed by atoms with Crippen LogP contribution in [-0.2, 0) is 6.54 Å². The Bertz CT molecular complexity index is 568. The predicted molar refractivity (Wildman–Crippen MR) is 87.0 cm³/mol. The van der Waals surface area contributed by atoms with Gasteiger partial charge in [-0.3, -0.25) is 9.88 Å². The highest BCUT2D eigenvalue weighted by Crippen LogP contribution is 2.21. The Balaban J connectivity index is 1.72. The first-order chi connectivity index (χ1) is 10.3. The van der Waals surface area contributed by atoms with E-state index in [9.17, 15) is 0 Å². The summed E-state index contributed by atoms with van der Waals surface area (Å²) >= 11 is 0. The summed E-state index contributed by atoms with van der Waals surface area (Å²) in [5, 5.41) is 3.41. The van der Waals surface area contributed by atoms with Crippen LogP contribution in [0.5, 0.6) is 0 Å². The maximum absolute atomic E-state index is 4.09. The van der Waals surface area contributed by atoms with E-state index in [0.717, 1.165) is 13.1 Å². The van der Waals surface area contributed by atoms with Crippen molar-refractivity contribution < 1.29 is 0 Å². The molecule has 0 amide bonds. The third kappa shape index (κ3) is 3.69. The molecule has 3 heteroatoms. The number of benzene rings is 1. The summed E-state index contributed by atoms with van der Waals surface area (Å²) in [7, 11) is 2.07.